The first-order valence-corrected chi connectivity index (χ1v) is 7.15. The van der Waals surface area contributed by atoms with E-state index in [4.69, 9.17) is 10.7 Å². The van der Waals surface area contributed by atoms with E-state index in [1.165, 1.54) is 5.56 Å². The summed E-state index contributed by atoms with van der Waals surface area (Å²) in [6, 6.07) is 18.3. The zero-order chi connectivity index (χ0) is 14.7. The number of nitrogens with zero attached hydrogens (tertiary/aromatic N) is 2. The lowest BCUT2D eigenvalue weighted by Gasteiger charge is -2.13. The molecule has 0 amide bonds. The van der Waals surface area contributed by atoms with Gasteiger partial charge in [-0.1, -0.05) is 48.5 Å². The van der Waals surface area contributed by atoms with Crippen molar-refractivity contribution in [3.05, 3.63) is 78.6 Å². The molecule has 0 aliphatic carbocycles. The number of allylic oxidation sites excluding steroid dienone is 1. The Balaban J connectivity index is 1.98. The van der Waals surface area contributed by atoms with Gasteiger partial charge >= 0.3 is 0 Å². The summed E-state index contributed by atoms with van der Waals surface area (Å²) in [5.41, 5.74) is 9.72. The van der Waals surface area contributed by atoms with Gasteiger partial charge in [0.05, 0.1) is 17.1 Å². The van der Waals surface area contributed by atoms with Crippen molar-refractivity contribution in [3.63, 3.8) is 0 Å². The van der Waals surface area contributed by atoms with Crippen molar-refractivity contribution in [2.45, 2.75) is 19.0 Å². The third kappa shape index (κ3) is 2.73. The van der Waals surface area contributed by atoms with Gasteiger partial charge in [0.2, 0.25) is 0 Å². The van der Waals surface area contributed by atoms with Gasteiger partial charge in [-0.2, -0.15) is 0 Å². The van der Waals surface area contributed by atoms with Crippen LogP contribution >= 0.6 is 0 Å². The topological polar surface area (TPSA) is 43.8 Å². The highest BCUT2D eigenvalue weighted by molar-refractivity contribution is 5.76. The van der Waals surface area contributed by atoms with Crippen LogP contribution in [-0.2, 0) is 13.0 Å². The fourth-order valence-corrected chi connectivity index (χ4v) is 2.66. The molecule has 3 heteroatoms. The monoisotopic (exact) mass is 277 g/mol. The van der Waals surface area contributed by atoms with Crippen LogP contribution in [0.25, 0.3) is 11.0 Å². The van der Waals surface area contributed by atoms with Gasteiger partial charge in [0, 0.05) is 6.54 Å². The highest BCUT2D eigenvalue weighted by Gasteiger charge is 2.16. The summed E-state index contributed by atoms with van der Waals surface area (Å²) in [5.74, 6) is 0.917. The third-order valence-electron chi connectivity index (χ3n) is 3.63. The molecule has 21 heavy (non-hydrogen) atoms. The van der Waals surface area contributed by atoms with Gasteiger partial charge in [0.25, 0.3) is 0 Å². The molecule has 2 aromatic carbocycles. The second kappa shape index (κ2) is 5.94. The van der Waals surface area contributed by atoms with Crippen molar-refractivity contribution in [2.75, 3.05) is 0 Å². The minimum Gasteiger partial charge on any atom is -0.323 e. The van der Waals surface area contributed by atoms with Gasteiger partial charge < -0.3 is 10.3 Å². The highest BCUT2D eigenvalue weighted by Crippen LogP contribution is 2.22. The third-order valence-corrected chi connectivity index (χ3v) is 3.63. The molecule has 1 aromatic heterocycles. The summed E-state index contributed by atoms with van der Waals surface area (Å²) in [5, 5.41) is 0. The molecule has 1 heterocycles. The molecule has 1 unspecified atom stereocenters. The Kier molecular flexibility index (Phi) is 3.84. The minimum absolute atomic E-state index is 0.125. The molecule has 0 saturated heterocycles. The fraction of sp³-hybridized carbons (Fsp3) is 0.167. The van der Waals surface area contributed by atoms with Gasteiger partial charge in [-0.05, 0) is 24.1 Å². The number of fused-ring (bicyclic) bond motifs is 1. The van der Waals surface area contributed by atoms with Crippen LogP contribution in [0, 0.1) is 0 Å². The molecule has 2 N–H and O–H groups in total. The second-order valence-corrected chi connectivity index (χ2v) is 5.15. The molecular weight excluding hydrogens is 258 g/mol. The lowest BCUT2D eigenvalue weighted by atomic mass is 10.1. The van der Waals surface area contributed by atoms with E-state index in [1.54, 1.807) is 0 Å². The molecule has 3 rings (SSSR count). The maximum Gasteiger partial charge on any atom is 0.127 e. The maximum atomic E-state index is 6.40. The zero-order valence-corrected chi connectivity index (χ0v) is 11.9. The molecule has 0 aliphatic rings. The predicted molar refractivity (Wildman–Crippen MR) is 87.0 cm³/mol. The molecule has 0 bridgehead atoms. The SMILES string of the molecule is C=CCn1c(C(N)Cc2ccccc2)nc2ccccc21. The van der Waals surface area contributed by atoms with Crippen molar-refractivity contribution in [2.24, 2.45) is 5.73 Å². The summed E-state index contributed by atoms with van der Waals surface area (Å²) < 4.78 is 2.15. The summed E-state index contributed by atoms with van der Waals surface area (Å²) in [4.78, 5) is 4.72. The number of hydrogen-bond acceptors (Lipinski definition) is 2. The molecular formula is C18H19N3. The molecule has 1 atom stereocenters. The van der Waals surface area contributed by atoms with E-state index in [2.05, 4.69) is 29.3 Å². The Morgan fingerprint density at radius 3 is 2.57 bits per heavy atom. The summed E-state index contributed by atoms with van der Waals surface area (Å²) in [7, 11) is 0. The average molecular weight is 277 g/mol. The van der Waals surface area contributed by atoms with E-state index >= 15 is 0 Å². The number of hydrogen-bond donors (Lipinski definition) is 1. The van der Waals surface area contributed by atoms with E-state index in [0.29, 0.717) is 0 Å². The number of benzene rings is 2. The van der Waals surface area contributed by atoms with Crippen LogP contribution in [0.2, 0.25) is 0 Å². The first kappa shape index (κ1) is 13.6. The van der Waals surface area contributed by atoms with Crippen LogP contribution in [0.1, 0.15) is 17.4 Å². The van der Waals surface area contributed by atoms with Crippen LogP contribution < -0.4 is 5.73 Å². The minimum atomic E-state index is -0.125. The lowest BCUT2D eigenvalue weighted by molar-refractivity contribution is 0.623. The van der Waals surface area contributed by atoms with Crippen LogP contribution in [-0.4, -0.2) is 9.55 Å². The molecule has 106 valence electrons. The van der Waals surface area contributed by atoms with Crippen molar-refractivity contribution in [1.82, 2.24) is 9.55 Å². The molecule has 0 aliphatic heterocycles. The smallest absolute Gasteiger partial charge is 0.127 e. The van der Waals surface area contributed by atoms with Gasteiger partial charge in [-0.15, -0.1) is 6.58 Å². The van der Waals surface area contributed by atoms with Crippen LogP contribution in [0.15, 0.2) is 67.3 Å². The average Bonchev–Trinajstić information content (AvgIpc) is 2.88. The molecule has 0 saturated carbocycles. The molecule has 3 aromatic rings. The van der Waals surface area contributed by atoms with Gasteiger partial charge in [0.15, 0.2) is 0 Å². The quantitative estimate of drug-likeness (QED) is 0.726. The Morgan fingerprint density at radius 2 is 1.81 bits per heavy atom. The number of rotatable bonds is 5. The number of para-hydroxylation sites is 2. The van der Waals surface area contributed by atoms with E-state index in [0.717, 1.165) is 29.8 Å². The van der Waals surface area contributed by atoms with E-state index in [9.17, 15) is 0 Å². The van der Waals surface area contributed by atoms with E-state index < -0.39 is 0 Å². The maximum absolute atomic E-state index is 6.40. The van der Waals surface area contributed by atoms with Crippen molar-refractivity contribution in [1.29, 1.82) is 0 Å². The first-order chi connectivity index (χ1) is 10.3. The number of nitrogens with two attached hydrogens (primary N) is 1. The Labute approximate surface area is 124 Å². The van der Waals surface area contributed by atoms with Gasteiger partial charge in [-0.25, -0.2) is 4.98 Å². The Bertz CT molecular complexity index is 744. The standard InChI is InChI=1S/C18H19N3/c1-2-12-21-17-11-7-6-10-16(17)20-18(21)15(19)13-14-8-4-3-5-9-14/h2-11,15H,1,12-13,19H2. The second-order valence-electron chi connectivity index (χ2n) is 5.15. The summed E-state index contributed by atoms with van der Waals surface area (Å²) in [6.07, 6.45) is 2.66. The number of aromatic nitrogens is 2. The summed E-state index contributed by atoms with van der Waals surface area (Å²) >= 11 is 0. The van der Waals surface area contributed by atoms with Gasteiger partial charge in [-0.3, -0.25) is 0 Å². The molecule has 0 radical (unpaired) electrons. The largest absolute Gasteiger partial charge is 0.323 e. The van der Waals surface area contributed by atoms with E-state index in [-0.39, 0.29) is 6.04 Å². The highest BCUT2D eigenvalue weighted by atomic mass is 15.1. The zero-order valence-electron chi connectivity index (χ0n) is 11.9. The van der Waals surface area contributed by atoms with Crippen LogP contribution in [0.5, 0.6) is 0 Å². The predicted octanol–water partition coefficient (Wildman–Crippen LogP) is 3.46. The number of imidazole rings is 1. The van der Waals surface area contributed by atoms with Crippen molar-refractivity contribution >= 4 is 11.0 Å². The lowest BCUT2D eigenvalue weighted by Crippen LogP contribution is -2.19. The molecule has 3 nitrogen and oxygen atoms in total. The molecule has 0 spiro atoms. The van der Waals surface area contributed by atoms with Gasteiger partial charge in [0.1, 0.15) is 5.82 Å². The molecule has 0 fully saturated rings. The van der Waals surface area contributed by atoms with Crippen molar-refractivity contribution < 1.29 is 0 Å². The van der Waals surface area contributed by atoms with E-state index in [1.807, 2.05) is 42.5 Å². The fourth-order valence-electron chi connectivity index (χ4n) is 2.66. The summed E-state index contributed by atoms with van der Waals surface area (Å²) in [6.45, 7) is 4.56. The Hall–Kier alpha value is -2.39. The Morgan fingerprint density at radius 1 is 1.10 bits per heavy atom. The van der Waals surface area contributed by atoms with Crippen molar-refractivity contribution in [3.8, 4) is 0 Å². The van der Waals surface area contributed by atoms with Crippen LogP contribution in [0.4, 0.5) is 0 Å². The normalized spacial score (nSPS) is 12.4. The first-order valence-electron chi connectivity index (χ1n) is 7.15. The van der Waals surface area contributed by atoms with Crippen LogP contribution in [0.3, 0.4) is 0 Å².